The molecule has 0 heterocycles. The topological polar surface area (TPSA) is 46.2 Å². The molecule has 0 amide bonds. The van der Waals surface area contributed by atoms with E-state index in [4.69, 9.17) is 22.8 Å². The molecule has 0 saturated carbocycles. The fraction of sp³-hybridized carbons (Fsp3) is 0.667. The predicted octanol–water partition coefficient (Wildman–Crippen LogP) is 11.6. The van der Waals surface area contributed by atoms with E-state index < -0.39 is 8.80 Å². The Bertz CT molecular complexity index is 1200. The van der Waals surface area contributed by atoms with Gasteiger partial charge in [0.05, 0.1) is 6.61 Å². The van der Waals surface area contributed by atoms with Crippen LogP contribution in [0.15, 0.2) is 36.9 Å². The van der Waals surface area contributed by atoms with Crippen molar-refractivity contribution >= 4 is 8.80 Å². The first kappa shape index (κ1) is 43.9. The Morgan fingerprint density at radius 3 is 1.15 bits per heavy atom. The lowest BCUT2D eigenvalue weighted by Gasteiger charge is -2.31. The van der Waals surface area contributed by atoms with Gasteiger partial charge in [-0.3, -0.25) is 0 Å². The summed E-state index contributed by atoms with van der Waals surface area (Å²) in [5.74, 6) is 2.07. The van der Waals surface area contributed by atoms with Crippen molar-refractivity contribution in [2.75, 3.05) is 33.0 Å². The third-order valence-electron chi connectivity index (χ3n) is 8.01. The van der Waals surface area contributed by atoms with Crippen molar-refractivity contribution in [3.8, 4) is 11.5 Å². The molecule has 0 aliphatic rings. The molecule has 2 aromatic carbocycles. The van der Waals surface area contributed by atoms with Crippen molar-refractivity contribution in [2.24, 2.45) is 0 Å². The second kappa shape index (κ2) is 18.2. The van der Waals surface area contributed by atoms with Gasteiger partial charge in [-0.25, -0.2) is 0 Å². The first-order chi connectivity index (χ1) is 22.0. The Hall–Kier alpha value is -2.12. The summed E-state index contributed by atoms with van der Waals surface area (Å²) in [7, 11) is -2.62. The monoisotopic (exact) mass is 685 g/mol. The van der Waals surface area contributed by atoms with E-state index in [1.54, 1.807) is 6.08 Å². The molecule has 0 spiro atoms. The molecule has 0 unspecified atom stereocenters. The van der Waals surface area contributed by atoms with Crippen molar-refractivity contribution in [1.29, 1.82) is 0 Å². The van der Waals surface area contributed by atoms with Gasteiger partial charge in [0, 0.05) is 48.1 Å². The van der Waals surface area contributed by atoms with E-state index in [1.165, 1.54) is 33.4 Å². The highest BCUT2D eigenvalue weighted by Crippen LogP contribution is 2.42. The standard InChI is InChI=1S/C24H44O4Si.C18H28O/c1-11-26-29(27-12-2,28-13-3)16-14-15-25-22-20(23(5,6)7)17-19(4)18-21(22)24(8,9)10;1-9-10-19-16-14(17(3,4)5)11-13(2)12-15(16)18(6,7)8/h17-18H,11-16H2,1-10H3;9,11-12H,1,10H2,2-8H3. The highest BCUT2D eigenvalue weighted by Gasteiger charge is 2.40. The molecule has 0 radical (unpaired) electrons. The lowest BCUT2D eigenvalue weighted by Crippen LogP contribution is -2.46. The minimum absolute atomic E-state index is 0.0157. The van der Waals surface area contributed by atoms with E-state index >= 15 is 0 Å². The Kier molecular flexibility index (Phi) is 16.7. The normalized spacial score (nSPS) is 12.8. The Labute approximate surface area is 297 Å². The summed E-state index contributed by atoms with van der Waals surface area (Å²) in [4.78, 5) is 0. The average Bonchev–Trinajstić information content (AvgIpc) is 2.93. The summed E-state index contributed by atoms with van der Waals surface area (Å²) in [6.07, 6.45) is 2.64. The predicted molar refractivity (Wildman–Crippen MR) is 208 cm³/mol. The van der Waals surface area contributed by atoms with Gasteiger partial charge in [-0.15, -0.1) is 0 Å². The molecule has 274 valence electrons. The molecule has 2 rings (SSSR count). The molecule has 0 bridgehead atoms. The lowest BCUT2D eigenvalue weighted by molar-refractivity contribution is 0.0696. The van der Waals surface area contributed by atoms with Crippen molar-refractivity contribution < 1.29 is 22.8 Å². The van der Waals surface area contributed by atoms with Crippen molar-refractivity contribution in [2.45, 2.75) is 152 Å². The number of ether oxygens (including phenoxy) is 2. The SMILES string of the molecule is C=CCOc1c(C(C)(C)C)cc(C)cc1C(C)(C)C.CCO[Si](CCCOc1c(C(C)(C)C)cc(C)cc1C(C)(C)C)(OCC)OCC. The van der Waals surface area contributed by atoms with E-state index in [9.17, 15) is 0 Å². The second-order valence-corrected chi connectivity index (χ2v) is 19.6. The minimum Gasteiger partial charge on any atom is -0.493 e. The first-order valence-corrected chi connectivity index (χ1v) is 20.0. The van der Waals surface area contributed by atoms with Crippen molar-refractivity contribution in [1.82, 2.24) is 0 Å². The van der Waals surface area contributed by atoms with E-state index in [0.29, 0.717) is 33.0 Å². The molecule has 48 heavy (non-hydrogen) atoms. The zero-order chi connectivity index (χ0) is 37.1. The highest BCUT2D eigenvalue weighted by atomic mass is 28.4. The van der Waals surface area contributed by atoms with Gasteiger partial charge in [0.25, 0.3) is 0 Å². The van der Waals surface area contributed by atoms with Gasteiger partial charge in [0.2, 0.25) is 0 Å². The molecule has 2 aromatic rings. The average molecular weight is 685 g/mol. The van der Waals surface area contributed by atoms with Gasteiger partial charge in [-0.2, -0.15) is 0 Å². The highest BCUT2D eigenvalue weighted by molar-refractivity contribution is 6.60. The zero-order valence-electron chi connectivity index (χ0n) is 34.1. The Morgan fingerprint density at radius 2 is 0.875 bits per heavy atom. The van der Waals surface area contributed by atoms with Crippen LogP contribution in [0.5, 0.6) is 11.5 Å². The van der Waals surface area contributed by atoms with Crippen LogP contribution < -0.4 is 9.47 Å². The van der Waals surface area contributed by atoms with Crippen LogP contribution in [0.3, 0.4) is 0 Å². The van der Waals surface area contributed by atoms with Gasteiger partial charge in [0.1, 0.15) is 18.1 Å². The summed E-state index contributed by atoms with van der Waals surface area (Å²) < 4.78 is 30.4. The number of aryl methyl sites for hydroxylation is 2. The molecule has 0 atom stereocenters. The van der Waals surface area contributed by atoms with Crippen LogP contribution in [-0.2, 0) is 34.9 Å². The van der Waals surface area contributed by atoms with E-state index in [2.05, 4.69) is 128 Å². The molecule has 0 N–H and O–H groups in total. The van der Waals surface area contributed by atoms with Gasteiger partial charge in [0.15, 0.2) is 0 Å². The van der Waals surface area contributed by atoms with Crippen LogP contribution in [0.1, 0.15) is 144 Å². The maximum atomic E-state index is 6.46. The van der Waals surface area contributed by atoms with E-state index in [1.807, 2.05) is 20.8 Å². The van der Waals surface area contributed by atoms with Crippen molar-refractivity contribution in [3.05, 3.63) is 70.3 Å². The van der Waals surface area contributed by atoms with Crippen molar-refractivity contribution in [3.63, 3.8) is 0 Å². The van der Waals surface area contributed by atoms with Crippen LogP contribution >= 0.6 is 0 Å². The van der Waals surface area contributed by atoms with Gasteiger partial charge in [-0.1, -0.05) is 131 Å². The maximum Gasteiger partial charge on any atom is 0.501 e. The van der Waals surface area contributed by atoms with Crippen LogP contribution in [0.25, 0.3) is 0 Å². The summed E-state index contributed by atoms with van der Waals surface area (Å²) in [6.45, 7) is 43.9. The molecule has 0 saturated heterocycles. The molecule has 0 aromatic heterocycles. The largest absolute Gasteiger partial charge is 0.501 e. The number of rotatable bonds is 14. The molecule has 6 heteroatoms. The second-order valence-electron chi connectivity index (χ2n) is 16.9. The zero-order valence-corrected chi connectivity index (χ0v) is 35.1. The van der Waals surface area contributed by atoms with Gasteiger partial charge in [-0.05, 0) is 62.7 Å². The van der Waals surface area contributed by atoms with Gasteiger partial charge < -0.3 is 22.8 Å². The lowest BCUT2D eigenvalue weighted by atomic mass is 9.78. The fourth-order valence-corrected chi connectivity index (χ4v) is 8.27. The van der Waals surface area contributed by atoms with Gasteiger partial charge >= 0.3 is 8.80 Å². The third kappa shape index (κ3) is 13.3. The van der Waals surface area contributed by atoms with Crippen LogP contribution in [-0.4, -0.2) is 41.8 Å². The van der Waals surface area contributed by atoms with Crippen LogP contribution in [0, 0.1) is 13.8 Å². The molecule has 0 fully saturated rings. The smallest absolute Gasteiger partial charge is 0.493 e. The Balaban J connectivity index is 0.000000524. The summed E-state index contributed by atoms with van der Waals surface area (Å²) in [5, 5.41) is 0. The quantitative estimate of drug-likeness (QED) is 0.113. The molecule has 5 nitrogen and oxygen atoms in total. The number of benzene rings is 2. The first-order valence-electron chi connectivity index (χ1n) is 18.1. The summed E-state index contributed by atoms with van der Waals surface area (Å²) in [6, 6.07) is 9.79. The third-order valence-corrected chi connectivity index (χ3v) is 11.2. The molecular formula is C42H72O5Si. The molecule has 0 aliphatic heterocycles. The minimum atomic E-state index is -2.62. The fourth-order valence-electron chi connectivity index (χ4n) is 5.69. The number of hydrogen-bond acceptors (Lipinski definition) is 5. The molecular weight excluding hydrogens is 613 g/mol. The maximum absolute atomic E-state index is 6.46. The van der Waals surface area contributed by atoms with Crippen LogP contribution in [0.2, 0.25) is 6.04 Å². The summed E-state index contributed by atoms with van der Waals surface area (Å²) >= 11 is 0. The molecule has 0 aliphatic carbocycles. The van der Waals surface area contributed by atoms with Crippen LogP contribution in [0.4, 0.5) is 0 Å². The summed E-state index contributed by atoms with van der Waals surface area (Å²) in [5.41, 5.74) is 7.84. The Morgan fingerprint density at radius 1 is 0.562 bits per heavy atom. The number of hydrogen-bond donors (Lipinski definition) is 0. The van der Waals surface area contributed by atoms with E-state index in [0.717, 1.165) is 24.0 Å². The van der Waals surface area contributed by atoms with E-state index in [-0.39, 0.29) is 21.7 Å².